The molecule has 0 aliphatic rings. The molecule has 0 spiro atoms. The zero-order valence-electron chi connectivity index (χ0n) is 12.8. The fourth-order valence-electron chi connectivity index (χ4n) is 2.10. The fourth-order valence-corrected chi connectivity index (χ4v) is 3.16. The molecule has 2 aromatic rings. The number of benzene rings is 2. The Bertz CT molecular complexity index is 796. The molecule has 0 atom stereocenters. The molecule has 0 amide bonds. The van der Waals surface area contributed by atoms with Crippen molar-refractivity contribution < 1.29 is 13.2 Å². The summed E-state index contributed by atoms with van der Waals surface area (Å²) in [6, 6.07) is 15.9. The third-order valence-electron chi connectivity index (χ3n) is 3.23. The third kappa shape index (κ3) is 4.55. The maximum Gasteiger partial charge on any atom is 0.240 e. The minimum atomic E-state index is -3.65. The molecule has 0 saturated heterocycles. The number of rotatable bonds is 7. The summed E-state index contributed by atoms with van der Waals surface area (Å²) < 4.78 is 32.4. The molecule has 6 heteroatoms. The van der Waals surface area contributed by atoms with Crippen LogP contribution in [0.3, 0.4) is 0 Å². The molecule has 23 heavy (non-hydrogen) atoms. The Morgan fingerprint density at radius 3 is 2.57 bits per heavy atom. The van der Waals surface area contributed by atoms with Crippen LogP contribution in [0.2, 0.25) is 0 Å². The molecule has 0 radical (unpaired) electrons. The van der Waals surface area contributed by atoms with Crippen LogP contribution in [0.4, 0.5) is 0 Å². The highest BCUT2D eigenvalue weighted by Gasteiger charge is 2.16. The summed E-state index contributed by atoms with van der Waals surface area (Å²) in [4.78, 5) is 0.0607. The van der Waals surface area contributed by atoms with Crippen LogP contribution in [0, 0.1) is 11.3 Å². The van der Waals surface area contributed by atoms with Gasteiger partial charge in [0.25, 0.3) is 0 Å². The summed E-state index contributed by atoms with van der Waals surface area (Å²) >= 11 is 0. The molecule has 0 aliphatic carbocycles. The van der Waals surface area contributed by atoms with E-state index in [-0.39, 0.29) is 10.5 Å². The first-order valence-corrected chi connectivity index (χ1v) is 8.75. The van der Waals surface area contributed by atoms with Gasteiger partial charge in [0.1, 0.15) is 11.8 Å². The molecule has 0 saturated carbocycles. The third-order valence-corrected chi connectivity index (χ3v) is 4.69. The topological polar surface area (TPSA) is 79.2 Å². The number of hydrogen-bond donors (Lipinski definition) is 1. The van der Waals surface area contributed by atoms with E-state index in [1.54, 1.807) is 6.92 Å². The first kappa shape index (κ1) is 17.0. The Kier molecular flexibility index (Phi) is 5.74. The van der Waals surface area contributed by atoms with Crippen molar-refractivity contribution in [3.63, 3.8) is 0 Å². The van der Waals surface area contributed by atoms with Gasteiger partial charge in [-0.25, -0.2) is 13.1 Å². The van der Waals surface area contributed by atoms with Gasteiger partial charge in [0, 0.05) is 6.54 Å². The van der Waals surface area contributed by atoms with Crippen molar-refractivity contribution in [3.05, 3.63) is 59.7 Å². The summed E-state index contributed by atoms with van der Waals surface area (Å²) in [5.41, 5.74) is 1.26. The van der Waals surface area contributed by atoms with Crippen LogP contribution in [0.25, 0.3) is 0 Å². The van der Waals surface area contributed by atoms with Crippen LogP contribution < -0.4 is 9.46 Å². The minimum absolute atomic E-state index is 0.0607. The Morgan fingerprint density at radius 1 is 1.17 bits per heavy atom. The van der Waals surface area contributed by atoms with Gasteiger partial charge in [-0.05, 0) is 37.1 Å². The van der Waals surface area contributed by atoms with Gasteiger partial charge in [-0.15, -0.1) is 0 Å². The van der Waals surface area contributed by atoms with Gasteiger partial charge in [0.2, 0.25) is 10.0 Å². The van der Waals surface area contributed by atoms with E-state index in [4.69, 9.17) is 10.00 Å². The van der Waals surface area contributed by atoms with Crippen molar-refractivity contribution in [2.45, 2.75) is 18.2 Å². The van der Waals surface area contributed by atoms with Crippen molar-refractivity contribution in [3.8, 4) is 11.8 Å². The maximum atomic E-state index is 12.3. The number of sulfonamides is 1. The summed E-state index contributed by atoms with van der Waals surface area (Å²) in [6.45, 7) is 2.51. The second-order valence-corrected chi connectivity index (χ2v) is 6.60. The number of hydrogen-bond acceptors (Lipinski definition) is 4. The summed E-state index contributed by atoms with van der Waals surface area (Å²) in [5, 5.41) is 9.11. The number of nitrogens with zero attached hydrogens (tertiary/aromatic N) is 1. The molecule has 5 nitrogen and oxygen atoms in total. The van der Waals surface area contributed by atoms with Crippen molar-refractivity contribution in [1.82, 2.24) is 4.72 Å². The molecular weight excluding hydrogens is 312 g/mol. The van der Waals surface area contributed by atoms with Crippen LogP contribution in [0.15, 0.2) is 53.4 Å². The molecular formula is C17H18N2O3S. The van der Waals surface area contributed by atoms with E-state index in [0.29, 0.717) is 25.3 Å². The largest absolute Gasteiger partial charge is 0.492 e. The quantitative estimate of drug-likeness (QED) is 0.846. The molecule has 0 aliphatic heterocycles. The zero-order valence-corrected chi connectivity index (χ0v) is 13.6. The standard InChI is InChI=1S/C17H18N2O3S/c1-2-22-17-9-8-16(12-15(17)13-18)23(20,21)19-11-10-14-6-4-3-5-7-14/h3-9,12,19H,2,10-11H2,1H3. The SMILES string of the molecule is CCOc1ccc(S(=O)(=O)NCCc2ccccc2)cc1C#N. The van der Waals surface area contributed by atoms with Crippen LogP contribution in [0.1, 0.15) is 18.1 Å². The molecule has 0 bridgehead atoms. The molecule has 0 unspecified atom stereocenters. The first-order valence-electron chi connectivity index (χ1n) is 7.27. The Balaban J connectivity index is 2.09. The lowest BCUT2D eigenvalue weighted by Crippen LogP contribution is -2.26. The number of ether oxygens (including phenoxy) is 1. The van der Waals surface area contributed by atoms with Gasteiger partial charge >= 0.3 is 0 Å². The van der Waals surface area contributed by atoms with E-state index in [0.717, 1.165) is 5.56 Å². The molecule has 0 heterocycles. The average Bonchev–Trinajstić information content (AvgIpc) is 2.56. The normalized spacial score (nSPS) is 11.0. The number of nitrogens with one attached hydrogen (secondary N) is 1. The minimum Gasteiger partial charge on any atom is -0.492 e. The van der Waals surface area contributed by atoms with Crippen LogP contribution >= 0.6 is 0 Å². The highest BCUT2D eigenvalue weighted by molar-refractivity contribution is 7.89. The van der Waals surface area contributed by atoms with Gasteiger partial charge in [-0.2, -0.15) is 5.26 Å². The van der Waals surface area contributed by atoms with Crippen molar-refractivity contribution in [1.29, 1.82) is 5.26 Å². The van der Waals surface area contributed by atoms with Gasteiger partial charge < -0.3 is 4.74 Å². The van der Waals surface area contributed by atoms with Gasteiger partial charge in [-0.1, -0.05) is 30.3 Å². The van der Waals surface area contributed by atoms with Gasteiger partial charge in [-0.3, -0.25) is 0 Å². The molecule has 0 aromatic heterocycles. The second-order valence-electron chi connectivity index (χ2n) is 4.84. The highest BCUT2D eigenvalue weighted by Crippen LogP contribution is 2.22. The van der Waals surface area contributed by atoms with Gasteiger partial charge in [0.05, 0.1) is 17.1 Å². The highest BCUT2D eigenvalue weighted by atomic mass is 32.2. The lowest BCUT2D eigenvalue weighted by Gasteiger charge is -2.09. The predicted molar refractivity (Wildman–Crippen MR) is 87.7 cm³/mol. The zero-order chi connectivity index (χ0) is 16.7. The predicted octanol–water partition coefficient (Wildman–Crippen LogP) is 2.48. The molecule has 2 aromatic carbocycles. The Hall–Kier alpha value is -2.36. The van der Waals surface area contributed by atoms with Crippen molar-refractivity contribution in [2.24, 2.45) is 0 Å². The lowest BCUT2D eigenvalue weighted by molar-refractivity contribution is 0.339. The smallest absolute Gasteiger partial charge is 0.240 e. The van der Waals surface area contributed by atoms with E-state index in [2.05, 4.69) is 4.72 Å². The molecule has 0 fully saturated rings. The van der Waals surface area contributed by atoms with E-state index in [1.807, 2.05) is 36.4 Å². The van der Waals surface area contributed by atoms with E-state index >= 15 is 0 Å². The monoisotopic (exact) mass is 330 g/mol. The van der Waals surface area contributed by atoms with Gasteiger partial charge in [0.15, 0.2) is 0 Å². The van der Waals surface area contributed by atoms with Crippen LogP contribution in [0.5, 0.6) is 5.75 Å². The second kappa shape index (κ2) is 7.77. The summed E-state index contributed by atoms with van der Waals surface area (Å²) in [7, 11) is -3.65. The molecule has 120 valence electrons. The van der Waals surface area contributed by atoms with Crippen LogP contribution in [-0.4, -0.2) is 21.6 Å². The van der Waals surface area contributed by atoms with E-state index < -0.39 is 10.0 Å². The summed E-state index contributed by atoms with van der Waals surface area (Å²) in [6.07, 6.45) is 0.599. The molecule has 1 N–H and O–H groups in total. The Labute approximate surface area is 136 Å². The van der Waals surface area contributed by atoms with E-state index in [1.165, 1.54) is 18.2 Å². The lowest BCUT2D eigenvalue weighted by atomic mass is 10.2. The van der Waals surface area contributed by atoms with E-state index in [9.17, 15) is 8.42 Å². The van der Waals surface area contributed by atoms with Crippen LogP contribution in [-0.2, 0) is 16.4 Å². The summed E-state index contributed by atoms with van der Waals surface area (Å²) in [5.74, 6) is 0.387. The Morgan fingerprint density at radius 2 is 1.91 bits per heavy atom. The maximum absolute atomic E-state index is 12.3. The first-order chi connectivity index (χ1) is 11.1. The van der Waals surface area contributed by atoms with Crippen molar-refractivity contribution >= 4 is 10.0 Å². The van der Waals surface area contributed by atoms with Crippen molar-refractivity contribution in [2.75, 3.05) is 13.2 Å². The molecule has 2 rings (SSSR count). The number of nitriles is 1. The fraction of sp³-hybridized carbons (Fsp3) is 0.235. The average molecular weight is 330 g/mol.